The van der Waals surface area contributed by atoms with Crippen molar-refractivity contribution in [3.8, 4) is 5.75 Å². The van der Waals surface area contributed by atoms with Gasteiger partial charge in [0, 0.05) is 37.8 Å². The van der Waals surface area contributed by atoms with Crippen molar-refractivity contribution in [2.24, 2.45) is 5.92 Å². The van der Waals surface area contributed by atoms with E-state index < -0.39 is 0 Å². The van der Waals surface area contributed by atoms with Gasteiger partial charge in [0.1, 0.15) is 12.4 Å². The van der Waals surface area contributed by atoms with E-state index in [0.717, 1.165) is 25.4 Å². The largest absolute Gasteiger partial charge is 0.491 e. The molecule has 0 aromatic heterocycles. The number of benzene rings is 1. The van der Waals surface area contributed by atoms with Crippen LogP contribution in [0.3, 0.4) is 0 Å². The van der Waals surface area contributed by atoms with Gasteiger partial charge in [0.2, 0.25) is 0 Å². The van der Waals surface area contributed by atoms with Crippen LogP contribution in [0.5, 0.6) is 5.75 Å². The Morgan fingerprint density at radius 2 is 2.08 bits per heavy atom. The van der Waals surface area contributed by atoms with E-state index in [2.05, 4.69) is 11.9 Å². The summed E-state index contributed by atoms with van der Waals surface area (Å²) in [4.78, 5) is 17.4. The second kappa shape index (κ2) is 7.99. The molecular formula is C19H28N2O3. The van der Waals surface area contributed by atoms with E-state index in [4.69, 9.17) is 9.47 Å². The van der Waals surface area contributed by atoms with Crippen molar-refractivity contribution in [1.29, 1.82) is 0 Å². The molecule has 2 bridgehead atoms. The number of nitrogens with zero attached hydrogens (tertiary/aromatic N) is 2. The minimum atomic E-state index is 0.123. The van der Waals surface area contributed by atoms with Gasteiger partial charge in [0.05, 0.1) is 6.61 Å². The highest BCUT2D eigenvalue weighted by Gasteiger charge is 2.34. The lowest BCUT2D eigenvalue weighted by Crippen LogP contribution is -2.41. The van der Waals surface area contributed by atoms with Gasteiger partial charge in [-0.15, -0.1) is 0 Å². The Morgan fingerprint density at radius 3 is 2.88 bits per heavy atom. The average Bonchev–Trinajstić information content (AvgIpc) is 2.89. The number of amides is 1. The molecule has 3 aliphatic rings. The third kappa shape index (κ3) is 4.08. The van der Waals surface area contributed by atoms with Gasteiger partial charge in [-0.2, -0.15) is 0 Å². The fourth-order valence-corrected chi connectivity index (χ4v) is 3.75. The zero-order chi connectivity index (χ0) is 16.9. The van der Waals surface area contributed by atoms with Gasteiger partial charge in [-0.3, -0.25) is 4.79 Å². The van der Waals surface area contributed by atoms with Crippen LogP contribution in [0.1, 0.15) is 30.1 Å². The van der Waals surface area contributed by atoms with Crippen LogP contribution in [0.15, 0.2) is 24.3 Å². The first-order valence-corrected chi connectivity index (χ1v) is 8.97. The molecule has 3 aliphatic heterocycles. The van der Waals surface area contributed by atoms with Gasteiger partial charge >= 0.3 is 0 Å². The van der Waals surface area contributed by atoms with Crippen molar-refractivity contribution in [3.63, 3.8) is 0 Å². The number of fused-ring (bicyclic) bond motifs is 4. The topological polar surface area (TPSA) is 42.0 Å². The number of ether oxygens (including phenoxy) is 2. The summed E-state index contributed by atoms with van der Waals surface area (Å²) in [5.74, 6) is 1.45. The summed E-state index contributed by atoms with van der Waals surface area (Å²) in [7, 11) is 2.18. The fraction of sp³-hybridized carbons (Fsp3) is 0.632. The van der Waals surface area contributed by atoms with Crippen molar-refractivity contribution in [1.82, 2.24) is 9.80 Å². The minimum absolute atomic E-state index is 0.123. The predicted octanol–water partition coefficient (Wildman–Crippen LogP) is 2.27. The van der Waals surface area contributed by atoms with Crippen LogP contribution >= 0.6 is 0 Å². The highest BCUT2D eigenvalue weighted by molar-refractivity contribution is 5.94. The maximum atomic E-state index is 12.9. The molecule has 0 saturated carbocycles. The van der Waals surface area contributed by atoms with Crippen LogP contribution in [0.25, 0.3) is 0 Å². The summed E-state index contributed by atoms with van der Waals surface area (Å²) in [5.41, 5.74) is 0.716. The zero-order valence-corrected chi connectivity index (χ0v) is 14.7. The summed E-state index contributed by atoms with van der Waals surface area (Å²) in [6.07, 6.45) is 2.44. The lowest BCUT2D eigenvalue weighted by molar-refractivity contribution is 0.0741. The Balaban J connectivity index is 1.64. The Bertz CT molecular complexity index is 563. The van der Waals surface area contributed by atoms with E-state index in [1.165, 1.54) is 12.8 Å². The molecule has 3 heterocycles. The Labute approximate surface area is 144 Å². The number of likely N-dealkylation sites (N-methyl/N-ethyl adjacent to an activating group) is 1. The third-order valence-electron chi connectivity index (χ3n) is 5.06. The molecule has 0 N–H and O–H groups in total. The van der Waals surface area contributed by atoms with Gasteiger partial charge < -0.3 is 19.3 Å². The standard InChI is InChI=1S/C19H28N2O3/c1-3-23-9-10-24-18-6-4-5-16(11-18)19(22)21-13-15-7-8-17(14-21)20(2)12-15/h4-6,11,15,17H,3,7-10,12-14H2,1-2H3. The molecule has 0 aliphatic carbocycles. The Morgan fingerprint density at radius 1 is 1.21 bits per heavy atom. The van der Waals surface area contributed by atoms with Gasteiger partial charge in [-0.05, 0) is 50.9 Å². The highest BCUT2D eigenvalue weighted by atomic mass is 16.5. The van der Waals surface area contributed by atoms with Gasteiger partial charge in [-0.25, -0.2) is 0 Å². The zero-order valence-electron chi connectivity index (χ0n) is 14.7. The van der Waals surface area contributed by atoms with E-state index in [1.54, 1.807) is 0 Å². The third-order valence-corrected chi connectivity index (χ3v) is 5.06. The second-order valence-corrected chi connectivity index (χ2v) is 6.82. The van der Waals surface area contributed by atoms with E-state index in [1.807, 2.05) is 36.1 Å². The Hall–Kier alpha value is -1.59. The normalized spacial score (nSPS) is 24.0. The van der Waals surface area contributed by atoms with E-state index in [-0.39, 0.29) is 5.91 Å². The number of piperidine rings is 1. The summed E-state index contributed by atoms with van der Waals surface area (Å²) in [5, 5.41) is 0. The predicted molar refractivity (Wildman–Crippen MR) is 93.5 cm³/mol. The minimum Gasteiger partial charge on any atom is -0.491 e. The smallest absolute Gasteiger partial charge is 0.254 e. The molecule has 4 rings (SSSR count). The van der Waals surface area contributed by atoms with E-state index in [9.17, 15) is 4.79 Å². The molecule has 0 radical (unpaired) electrons. The molecule has 2 atom stereocenters. The molecule has 132 valence electrons. The van der Waals surface area contributed by atoms with Crippen LogP contribution in [-0.2, 0) is 4.74 Å². The first-order chi connectivity index (χ1) is 11.7. The molecule has 5 nitrogen and oxygen atoms in total. The number of hydrogen-bond acceptors (Lipinski definition) is 4. The summed E-state index contributed by atoms with van der Waals surface area (Å²) >= 11 is 0. The van der Waals surface area contributed by atoms with Crippen molar-refractivity contribution < 1.29 is 14.3 Å². The SMILES string of the molecule is CCOCCOc1cccc(C(=O)N2CC3CCC(C2)N(C)C3)c1. The number of hydrogen-bond donors (Lipinski definition) is 0. The molecule has 1 aromatic rings. The van der Waals surface area contributed by atoms with Crippen molar-refractivity contribution in [3.05, 3.63) is 29.8 Å². The van der Waals surface area contributed by atoms with E-state index in [0.29, 0.717) is 37.3 Å². The second-order valence-electron chi connectivity index (χ2n) is 6.82. The van der Waals surface area contributed by atoms with Crippen LogP contribution in [-0.4, -0.2) is 68.3 Å². The lowest BCUT2D eigenvalue weighted by atomic mass is 9.96. The maximum absolute atomic E-state index is 12.9. The monoisotopic (exact) mass is 332 g/mol. The molecule has 5 heteroatoms. The van der Waals surface area contributed by atoms with Crippen molar-refractivity contribution in [2.45, 2.75) is 25.8 Å². The first kappa shape index (κ1) is 17.2. The van der Waals surface area contributed by atoms with Crippen LogP contribution in [0, 0.1) is 5.92 Å². The van der Waals surface area contributed by atoms with Crippen molar-refractivity contribution in [2.75, 3.05) is 46.5 Å². The lowest BCUT2D eigenvalue weighted by Gasteiger charge is -2.32. The molecule has 1 amide bonds. The summed E-state index contributed by atoms with van der Waals surface area (Å²) in [6.45, 7) is 6.53. The van der Waals surface area contributed by atoms with Crippen LogP contribution < -0.4 is 4.74 Å². The highest BCUT2D eigenvalue weighted by Crippen LogP contribution is 2.28. The molecule has 24 heavy (non-hydrogen) atoms. The summed E-state index contributed by atoms with van der Waals surface area (Å²) in [6, 6.07) is 8.02. The van der Waals surface area contributed by atoms with E-state index >= 15 is 0 Å². The molecular weight excluding hydrogens is 304 g/mol. The van der Waals surface area contributed by atoms with Crippen molar-refractivity contribution >= 4 is 5.91 Å². The first-order valence-electron chi connectivity index (χ1n) is 8.97. The molecule has 2 unspecified atom stereocenters. The molecule has 3 saturated heterocycles. The van der Waals surface area contributed by atoms with Gasteiger partial charge in [-0.1, -0.05) is 6.07 Å². The average molecular weight is 332 g/mol. The van der Waals surface area contributed by atoms with Gasteiger partial charge in [0.25, 0.3) is 5.91 Å². The number of rotatable bonds is 6. The molecule has 1 aromatic carbocycles. The summed E-state index contributed by atoms with van der Waals surface area (Å²) < 4.78 is 11.0. The fourth-order valence-electron chi connectivity index (χ4n) is 3.75. The van der Waals surface area contributed by atoms with Gasteiger partial charge in [0.15, 0.2) is 0 Å². The maximum Gasteiger partial charge on any atom is 0.254 e. The van der Waals surface area contributed by atoms with Crippen LogP contribution in [0.2, 0.25) is 0 Å². The Kier molecular flexibility index (Phi) is 5.74. The number of carbonyl (C=O) groups is 1. The number of carbonyl (C=O) groups excluding carboxylic acids is 1. The van der Waals surface area contributed by atoms with Crippen LogP contribution in [0.4, 0.5) is 0 Å². The molecule has 3 fully saturated rings. The molecule has 0 spiro atoms. The quantitative estimate of drug-likeness (QED) is 0.750.